The Morgan fingerprint density at radius 2 is 1.80 bits per heavy atom. The molecule has 0 atom stereocenters. The van der Waals surface area contributed by atoms with Crippen LogP contribution in [0.1, 0.15) is 12.0 Å². The van der Waals surface area contributed by atoms with Crippen LogP contribution in [-0.2, 0) is 9.59 Å². The van der Waals surface area contributed by atoms with Crippen molar-refractivity contribution in [1.82, 2.24) is 10.4 Å². The molecule has 1 aliphatic rings. The molecule has 4 rings (SSSR count). The number of nitrogens with zero attached hydrogens (tertiary/aromatic N) is 2. The molecule has 0 bridgehead atoms. The molecule has 0 aliphatic carbocycles. The lowest BCUT2D eigenvalue weighted by atomic mass is 10.1. The minimum atomic E-state index is -0.256. The first-order chi connectivity index (χ1) is 12.1. The van der Waals surface area contributed by atoms with Gasteiger partial charge in [-0.15, -0.1) is 0 Å². The number of aromatic hydroxyl groups is 1. The fraction of sp³-hybridized carbons (Fsp3) is 0.105. The quantitative estimate of drug-likeness (QED) is 0.670. The predicted molar refractivity (Wildman–Crippen MR) is 94.8 cm³/mol. The third-order valence-corrected chi connectivity index (χ3v) is 3.78. The Hall–Kier alpha value is -3.41. The van der Waals surface area contributed by atoms with E-state index in [-0.39, 0.29) is 24.0 Å². The van der Waals surface area contributed by atoms with E-state index < -0.39 is 0 Å². The van der Waals surface area contributed by atoms with Crippen LogP contribution in [-0.4, -0.2) is 21.9 Å². The number of carbonyl (C=O) groups excluding carboxylic acids is 2. The number of hydrogen-bond donors (Lipinski definition) is 2. The molecular weight excluding hydrogens is 318 g/mol. The van der Waals surface area contributed by atoms with Gasteiger partial charge in [0, 0.05) is 11.6 Å². The normalized spacial score (nSPS) is 13.4. The number of amides is 2. The van der Waals surface area contributed by atoms with Crippen LogP contribution in [0.4, 0.5) is 5.69 Å². The number of para-hydroxylation sites is 1. The lowest BCUT2D eigenvalue weighted by molar-refractivity contribution is -0.122. The second kappa shape index (κ2) is 7.00. The number of carbonyl (C=O) groups is 2. The van der Waals surface area contributed by atoms with Gasteiger partial charge in [-0.3, -0.25) is 20.0 Å². The summed E-state index contributed by atoms with van der Waals surface area (Å²) in [4.78, 5) is 26.2. The van der Waals surface area contributed by atoms with E-state index in [1.807, 2.05) is 43.3 Å². The number of anilines is 1. The first-order valence-corrected chi connectivity index (χ1v) is 7.77. The summed E-state index contributed by atoms with van der Waals surface area (Å²) in [5, 5.41) is 11.7. The summed E-state index contributed by atoms with van der Waals surface area (Å²) in [6.45, 7) is 2.00. The van der Waals surface area contributed by atoms with E-state index in [2.05, 4.69) is 10.4 Å². The number of hydrazine groups is 1. The summed E-state index contributed by atoms with van der Waals surface area (Å²) in [6.07, 6.45) is 1.62. The molecular formula is C19H17N3O3. The lowest BCUT2D eigenvalue weighted by Gasteiger charge is -2.14. The molecule has 2 heterocycles. The van der Waals surface area contributed by atoms with Gasteiger partial charge in [0.25, 0.3) is 5.91 Å². The van der Waals surface area contributed by atoms with Crippen molar-refractivity contribution in [1.29, 1.82) is 0 Å². The lowest BCUT2D eigenvalue weighted by Crippen LogP contribution is -2.35. The second-order valence-corrected chi connectivity index (χ2v) is 5.58. The van der Waals surface area contributed by atoms with Crippen LogP contribution in [0, 0.1) is 6.92 Å². The Bertz CT molecular complexity index is 885. The third-order valence-electron chi connectivity index (χ3n) is 3.78. The number of phenols is 1. The second-order valence-electron chi connectivity index (χ2n) is 5.58. The molecule has 1 aliphatic heterocycles. The smallest absolute Gasteiger partial charge is 0.255 e. The van der Waals surface area contributed by atoms with Gasteiger partial charge in [-0.2, -0.15) is 0 Å². The number of nitrogens with one attached hydrogen (secondary N) is 1. The number of fused-ring (bicyclic) bond motifs is 1. The van der Waals surface area contributed by atoms with E-state index in [1.54, 1.807) is 24.4 Å². The van der Waals surface area contributed by atoms with Crippen LogP contribution in [0.25, 0.3) is 10.9 Å². The molecule has 1 saturated heterocycles. The van der Waals surface area contributed by atoms with Crippen LogP contribution in [0.15, 0.2) is 60.8 Å². The number of hydrogen-bond acceptors (Lipinski definition) is 4. The Labute approximate surface area is 144 Å². The van der Waals surface area contributed by atoms with Crippen LogP contribution in [0.2, 0.25) is 0 Å². The van der Waals surface area contributed by atoms with Crippen molar-refractivity contribution >= 4 is 28.4 Å². The Morgan fingerprint density at radius 1 is 1.04 bits per heavy atom. The number of rotatable bonds is 1. The van der Waals surface area contributed by atoms with E-state index in [1.165, 1.54) is 5.01 Å². The minimum absolute atomic E-state index is 0.0606. The molecule has 0 radical (unpaired) electrons. The summed E-state index contributed by atoms with van der Waals surface area (Å²) in [5.74, 6) is -0.221. The molecule has 3 aromatic rings. The van der Waals surface area contributed by atoms with Crippen LogP contribution < -0.4 is 10.4 Å². The van der Waals surface area contributed by atoms with Gasteiger partial charge < -0.3 is 5.11 Å². The maximum Gasteiger partial charge on any atom is 0.255 e. The maximum absolute atomic E-state index is 11.2. The zero-order valence-corrected chi connectivity index (χ0v) is 13.6. The number of benzene rings is 2. The molecule has 6 nitrogen and oxygen atoms in total. The van der Waals surface area contributed by atoms with E-state index in [0.717, 1.165) is 10.9 Å². The van der Waals surface area contributed by atoms with Gasteiger partial charge in [0.1, 0.15) is 17.7 Å². The highest BCUT2D eigenvalue weighted by molar-refractivity contribution is 6.11. The van der Waals surface area contributed by atoms with Gasteiger partial charge in [0.15, 0.2) is 0 Å². The Balaban J connectivity index is 0.000000146. The van der Waals surface area contributed by atoms with Crippen molar-refractivity contribution in [2.45, 2.75) is 13.3 Å². The van der Waals surface area contributed by atoms with Crippen molar-refractivity contribution in [3.05, 3.63) is 66.4 Å². The topological polar surface area (TPSA) is 82.5 Å². The fourth-order valence-electron chi connectivity index (χ4n) is 2.53. The van der Waals surface area contributed by atoms with Crippen LogP contribution in [0.5, 0.6) is 5.75 Å². The first kappa shape index (κ1) is 16.4. The van der Waals surface area contributed by atoms with Crippen LogP contribution in [0.3, 0.4) is 0 Å². The van der Waals surface area contributed by atoms with Gasteiger partial charge in [0.05, 0.1) is 5.69 Å². The zero-order valence-electron chi connectivity index (χ0n) is 13.6. The largest absolute Gasteiger partial charge is 0.506 e. The SMILES string of the molecule is Cc1ccc(O)c2ncccc12.O=C1CC(=O)N(c2ccccc2)N1. The summed E-state index contributed by atoms with van der Waals surface area (Å²) in [7, 11) is 0. The van der Waals surface area contributed by atoms with Gasteiger partial charge in [-0.05, 0) is 36.8 Å². The van der Waals surface area contributed by atoms with Gasteiger partial charge >= 0.3 is 0 Å². The zero-order chi connectivity index (χ0) is 17.8. The molecule has 0 saturated carbocycles. The standard InChI is InChI=1S/C10H9NO.C9H8N2O2/c1-7-4-5-9(12)10-8(7)3-2-6-11-10;12-8-6-9(13)11(10-8)7-4-2-1-3-5-7/h2-6,12H,1H3;1-5H,6H2,(H,10,12). The average molecular weight is 335 g/mol. The van der Waals surface area contributed by atoms with E-state index in [0.29, 0.717) is 11.2 Å². The van der Waals surface area contributed by atoms with Crippen molar-refractivity contribution < 1.29 is 14.7 Å². The Morgan fingerprint density at radius 3 is 2.44 bits per heavy atom. The molecule has 25 heavy (non-hydrogen) atoms. The number of pyridine rings is 1. The fourth-order valence-corrected chi connectivity index (χ4v) is 2.53. The number of phenolic OH excluding ortho intramolecular Hbond substituents is 1. The summed E-state index contributed by atoms with van der Waals surface area (Å²) in [6, 6.07) is 16.4. The molecule has 0 spiro atoms. The van der Waals surface area contributed by atoms with Crippen molar-refractivity contribution in [2.24, 2.45) is 0 Å². The maximum atomic E-state index is 11.2. The third kappa shape index (κ3) is 3.58. The van der Waals surface area contributed by atoms with Crippen molar-refractivity contribution in [3.8, 4) is 5.75 Å². The molecule has 6 heteroatoms. The number of aromatic nitrogens is 1. The van der Waals surface area contributed by atoms with Crippen molar-refractivity contribution in [3.63, 3.8) is 0 Å². The molecule has 1 fully saturated rings. The number of aryl methyl sites for hydroxylation is 1. The van der Waals surface area contributed by atoms with Gasteiger partial charge in [-0.25, -0.2) is 5.01 Å². The molecule has 2 amide bonds. The highest BCUT2D eigenvalue weighted by atomic mass is 16.3. The van der Waals surface area contributed by atoms with E-state index >= 15 is 0 Å². The molecule has 0 unspecified atom stereocenters. The highest BCUT2D eigenvalue weighted by Gasteiger charge is 2.27. The van der Waals surface area contributed by atoms with Crippen LogP contribution >= 0.6 is 0 Å². The molecule has 2 aromatic carbocycles. The highest BCUT2D eigenvalue weighted by Crippen LogP contribution is 2.24. The molecule has 1 aromatic heterocycles. The first-order valence-electron chi connectivity index (χ1n) is 7.77. The Kier molecular flexibility index (Phi) is 4.61. The minimum Gasteiger partial charge on any atom is -0.506 e. The average Bonchev–Trinajstić information content (AvgIpc) is 2.98. The molecule has 126 valence electrons. The molecule has 2 N–H and O–H groups in total. The summed E-state index contributed by atoms with van der Waals surface area (Å²) < 4.78 is 0. The summed E-state index contributed by atoms with van der Waals surface area (Å²) >= 11 is 0. The predicted octanol–water partition coefficient (Wildman–Crippen LogP) is 2.70. The monoisotopic (exact) mass is 335 g/mol. The van der Waals surface area contributed by atoms with E-state index in [9.17, 15) is 14.7 Å². The summed E-state index contributed by atoms with van der Waals surface area (Å²) in [5.41, 5.74) is 4.97. The van der Waals surface area contributed by atoms with E-state index in [4.69, 9.17) is 0 Å². The van der Waals surface area contributed by atoms with Crippen molar-refractivity contribution in [2.75, 3.05) is 5.01 Å². The van der Waals surface area contributed by atoms with Gasteiger partial charge in [-0.1, -0.05) is 30.3 Å². The van der Waals surface area contributed by atoms with Gasteiger partial charge in [0.2, 0.25) is 5.91 Å².